The van der Waals surface area contributed by atoms with E-state index in [9.17, 15) is 61.5 Å². The average molecular weight is 1010 g/mol. The molecule has 0 N–H and O–H groups in total. The average Bonchev–Trinajstić information content (AvgIpc) is 3.29. The van der Waals surface area contributed by atoms with Crippen LogP contribution >= 0.6 is 0 Å². The molecule has 0 aliphatic rings. The second-order valence-electron chi connectivity index (χ2n) is 12.9. The van der Waals surface area contributed by atoms with Crippen LogP contribution in [0.15, 0.2) is 0 Å². The van der Waals surface area contributed by atoms with Crippen LogP contribution in [0.2, 0.25) is 0 Å². The highest BCUT2D eigenvalue weighted by Gasteiger charge is 2.40. The molecule has 0 atom stereocenters. The second-order valence-corrected chi connectivity index (χ2v) is 15.4. The summed E-state index contributed by atoms with van der Waals surface area (Å²) >= 11 is 0. The summed E-state index contributed by atoms with van der Waals surface area (Å²) in [4.78, 5) is 0. The third kappa shape index (κ3) is 6.43. The highest BCUT2D eigenvalue weighted by molar-refractivity contribution is 6.77. The number of halogens is 26. The van der Waals surface area contributed by atoms with Gasteiger partial charge in [0.1, 0.15) is 19.0 Å². The Kier molecular flexibility index (Phi) is 11.7. The predicted molar refractivity (Wildman–Crippen MR) is 174 cm³/mol. The van der Waals surface area contributed by atoms with Crippen molar-refractivity contribution >= 4 is 61.3 Å². The van der Waals surface area contributed by atoms with Crippen molar-refractivity contribution in [1.29, 1.82) is 0 Å². The molecule has 7 aromatic carbocycles. The lowest BCUT2D eigenvalue weighted by Gasteiger charge is -2.21. The van der Waals surface area contributed by atoms with Crippen LogP contribution in [0.5, 0.6) is 0 Å². The van der Waals surface area contributed by atoms with E-state index in [2.05, 4.69) is 0 Å². The highest BCUT2D eigenvalue weighted by atomic mass is 28.2. The summed E-state index contributed by atoms with van der Waals surface area (Å²) in [5, 5.41) is -18.5. The summed E-state index contributed by atoms with van der Waals surface area (Å²) in [6.07, 6.45) is 0. The lowest BCUT2D eigenvalue weighted by molar-refractivity contribution is 0.379. The van der Waals surface area contributed by atoms with Gasteiger partial charge in [0.05, 0.1) is 22.3 Å². The largest absolute Gasteiger partial charge is 0.204 e. The van der Waals surface area contributed by atoms with Crippen molar-refractivity contribution in [3.63, 3.8) is 0 Å². The molecule has 0 nitrogen and oxygen atoms in total. The summed E-state index contributed by atoms with van der Waals surface area (Å²) in [7, 11) is -5.84. The molecule has 0 aromatic heterocycles. The SMILES string of the molecule is Fc1c(F)c(F)c(-c2c(F)c(F)c([Si]c3c4c(F)c(F)c(F)c(F)c4c([Si]c4c(F)c(F)c(-c5c(F)c(F)c(F)c(F)c5F)c(F)c4F)c4c(F)c(F)c(F)c(F)c34)c(F)c2F)c(F)c1F. The van der Waals surface area contributed by atoms with Crippen molar-refractivity contribution in [2.75, 3.05) is 0 Å². The number of hydrogen-bond donors (Lipinski definition) is 0. The van der Waals surface area contributed by atoms with Gasteiger partial charge in [-0.3, -0.25) is 0 Å². The van der Waals surface area contributed by atoms with E-state index in [-0.39, 0.29) is 0 Å². The molecule has 0 fully saturated rings. The van der Waals surface area contributed by atoms with Crippen LogP contribution in [-0.4, -0.2) is 19.0 Å². The predicted octanol–water partition coefficient (Wildman–Crippen LogP) is 10.3. The van der Waals surface area contributed by atoms with Crippen molar-refractivity contribution in [1.82, 2.24) is 0 Å². The molecule has 0 saturated carbocycles. The van der Waals surface area contributed by atoms with Crippen LogP contribution in [0.4, 0.5) is 114 Å². The fourth-order valence-corrected chi connectivity index (χ4v) is 9.34. The normalized spacial score (nSPS) is 11.9. The van der Waals surface area contributed by atoms with Gasteiger partial charge in [-0.05, 0) is 10.4 Å². The summed E-state index contributed by atoms with van der Waals surface area (Å²) in [6.45, 7) is 0. The molecule has 28 heteroatoms. The summed E-state index contributed by atoms with van der Waals surface area (Å²) in [5.41, 5.74) is -10.9. The molecule has 0 saturated heterocycles. The first-order valence-corrected chi connectivity index (χ1v) is 18.4. The van der Waals surface area contributed by atoms with Crippen molar-refractivity contribution in [3.05, 3.63) is 151 Å². The molecule has 7 aromatic rings. The molecule has 0 unspecified atom stereocenters. The molecular formula is C38F26Si2. The maximum Gasteiger partial charge on any atom is 0.200 e. The number of fused-ring (bicyclic) bond motifs is 2. The van der Waals surface area contributed by atoms with Crippen LogP contribution in [0.3, 0.4) is 0 Å². The van der Waals surface area contributed by atoms with Gasteiger partial charge in [0.25, 0.3) is 0 Å². The highest BCUT2D eigenvalue weighted by Crippen LogP contribution is 2.39. The minimum absolute atomic E-state index is 2.15. The molecule has 0 aliphatic heterocycles. The lowest BCUT2D eigenvalue weighted by atomic mass is 10.00. The smallest absolute Gasteiger partial charge is 0.200 e. The molecule has 0 heterocycles. The van der Waals surface area contributed by atoms with E-state index in [1.807, 2.05) is 0 Å². The van der Waals surface area contributed by atoms with Gasteiger partial charge in [-0.25, -0.2) is 114 Å². The van der Waals surface area contributed by atoms with Gasteiger partial charge in [0, 0.05) is 31.9 Å². The van der Waals surface area contributed by atoms with E-state index in [1.54, 1.807) is 0 Å². The van der Waals surface area contributed by atoms with Crippen LogP contribution in [0.1, 0.15) is 0 Å². The summed E-state index contributed by atoms with van der Waals surface area (Å²) < 4.78 is 389. The first-order chi connectivity index (χ1) is 30.6. The number of benzene rings is 7. The lowest BCUT2D eigenvalue weighted by Crippen LogP contribution is -2.41. The van der Waals surface area contributed by atoms with Gasteiger partial charge in [-0.2, -0.15) is 0 Å². The van der Waals surface area contributed by atoms with E-state index in [0.717, 1.165) is 0 Å². The van der Waals surface area contributed by atoms with Gasteiger partial charge in [-0.1, -0.05) is 0 Å². The van der Waals surface area contributed by atoms with Crippen molar-refractivity contribution < 1.29 is 114 Å². The monoisotopic (exact) mass is 1010 g/mol. The zero-order chi connectivity index (χ0) is 49.4. The molecule has 0 bridgehead atoms. The second kappa shape index (κ2) is 16.2. The Labute approximate surface area is 348 Å². The zero-order valence-corrected chi connectivity index (χ0v) is 31.8. The maximum absolute atomic E-state index is 15.9. The van der Waals surface area contributed by atoms with Gasteiger partial charge in [0.15, 0.2) is 140 Å². The van der Waals surface area contributed by atoms with E-state index >= 15 is 52.7 Å². The Balaban J connectivity index is 1.60. The van der Waals surface area contributed by atoms with Crippen LogP contribution in [-0.2, 0) is 0 Å². The fraction of sp³-hybridized carbons (Fsp3) is 0. The van der Waals surface area contributed by atoms with Gasteiger partial charge < -0.3 is 0 Å². The standard InChI is InChI=1S/C38F26Si2/c39-9-1(10(40)22(52)29(59)21(9)51)3-13(43)31(61)37(32(62)14(3)44)65-35-5-7(19(49)27(57)25(55)17(5)47)36(8-6(35)18(48)26(56)28(58)20(8)50)66-38-33(63)15(45)4(16(46)34(38)64)2-11(41)23(53)30(60)24(54)12(2)42. The van der Waals surface area contributed by atoms with Gasteiger partial charge in [0.2, 0.25) is 11.6 Å². The molecule has 0 aliphatic carbocycles. The molecule has 0 amide bonds. The van der Waals surface area contributed by atoms with Crippen molar-refractivity contribution in [3.8, 4) is 22.3 Å². The molecule has 0 spiro atoms. The van der Waals surface area contributed by atoms with Crippen LogP contribution in [0, 0.1) is 151 Å². The Bertz CT molecular complexity index is 2970. The van der Waals surface area contributed by atoms with Gasteiger partial charge >= 0.3 is 0 Å². The third-order valence-corrected chi connectivity index (χ3v) is 12.4. The Morgan fingerprint density at radius 1 is 0.136 bits per heavy atom. The summed E-state index contributed by atoms with van der Waals surface area (Å²) in [5.74, 6) is -79.7. The molecule has 342 valence electrons. The molecule has 7 rings (SSSR count). The number of hydrogen-bond acceptors (Lipinski definition) is 0. The van der Waals surface area contributed by atoms with E-state index in [4.69, 9.17) is 0 Å². The van der Waals surface area contributed by atoms with Crippen LogP contribution in [0.25, 0.3) is 43.8 Å². The molecule has 66 heavy (non-hydrogen) atoms. The third-order valence-electron chi connectivity index (χ3n) is 9.48. The Hall–Kier alpha value is -6.33. The Morgan fingerprint density at radius 3 is 0.455 bits per heavy atom. The topological polar surface area (TPSA) is 0 Å². The van der Waals surface area contributed by atoms with E-state index in [1.165, 1.54) is 0 Å². The number of rotatable bonds is 6. The van der Waals surface area contributed by atoms with E-state index < -0.39 is 235 Å². The van der Waals surface area contributed by atoms with Crippen molar-refractivity contribution in [2.45, 2.75) is 0 Å². The van der Waals surface area contributed by atoms with Crippen molar-refractivity contribution in [2.24, 2.45) is 0 Å². The minimum Gasteiger partial charge on any atom is -0.204 e. The summed E-state index contributed by atoms with van der Waals surface area (Å²) in [6, 6.07) is 0. The quantitative estimate of drug-likeness (QED) is 0.0512. The minimum atomic E-state index is -3.15. The van der Waals surface area contributed by atoms with Crippen LogP contribution < -0.4 is 20.7 Å². The van der Waals surface area contributed by atoms with Gasteiger partial charge in [-0.15, -0.1) is 0 Å². The molecular weight excluding hydrogens is 1010 g/mol. The maximum atomic E-state index is 15.9. The fourth-order valence-electron chi connectivity index (χ4n) is 6.52. The zero-order valence-electron chi connectivity index (χ0n) is 29.8. The van der Waals surface area contributed by atoms with E-state index in [0.29, 0.717) is 0 Å². The first kappa shape index (κ1) is 47.6. The Morgan fingerprint density at radius 2 is 0.273 bits per heavy atom. The molecule has 4 radical (unpaired) electrons. The first-order valence-electron chi connectivity index (χ1n) is 16.4.